The van der Waals surface area contributed by atoms with Crippen LogP contribution in [0.2, 0.25) is 0 Å². The average Bonchev–Trinajstić information content (AvgIpc) is 2.87. The summed E-state index contributed by atoms with van der Waals surface area (Å²) >= 11 is 0. The maximum Gasteiger partial charge on any atom is 0.251 e. The molecule has 8 heteroatoms. The number of benzene rings is 3. The van der Waals surface area contributed by atoms with Crippen LogP contribution in [0.4, 0.5) is 24.5 Å². The number of nitrogens with one attached hydrogen (secondary N) is 1. The van der Waals surface area contributed by atoms with Crippen molar-refractivity contribution in [3.63, 3.8) is 0 Å². The zero-order chi connectivity index (χ0) is 24.9. The molecule has 0 unspecified atom stereocenters. The molecule has 1 N–H and O–H groups in total. The molecule has 3 aromatic rings. The number of hydrogen-bond donors (Lipinski definition) is 1. The van der Waals surface area contributed by atoms with Gasteiger partial charge in [-0.3, -0.25) is 9.69 Å². The highest BCUT2D eigenvalue weighted by atomic mass is 19.2. The molecule has 184 valence electrons. The van der Waals surface area contributed by atoms with Gasteiger partial charge in [-0.25, -0.2) is 13.2 Å². The van der Waals surface area contributed by atoms with Crippen LogP contribution in [-0.2, 0) is 0 Å². The second kappa shape index (κ2) is 10.8. The van der Waals surface area contributed by atoms with E-state index in [0.717, 1.165) is 55.2 Å². The Morgan fingerprint density at radius 2 is 1.54 bits per heavy atom. The molecule has 1 saturated heterocycles. The Kier molecular flexibility index (Phi) is 7.60. The fourth-order valence-corrected chi connectivity index (χ4v) is 4.32. The Labute approximate surface area is 203 Å². The van der Waals surface area contributed by atoms with Crippen molar-refractivity contribution in [2.75, 3.05) is 56.6 Å². The van der Waals surface area contributed by atoms with Gasteiger partial charge in [0, 0.05) is 63.8 Å². The fourth-order valence-electron chi connectivity index (χ4n) is 4.32. The smallest absolute Gasteiger partial charge is 0.251 e. The molecule has 0 bridgehead atoms. The van der Waals surface area contributed by atoms with Crippen LogP contribution in [0.1, 0.15) is 22.0 Å². The van der Waals surface area contributed by atoms with Gasteiger partial charge in [0.2, 0.25) is 0 Å². The Balaban J connectivity index is 1.48. The van der Waals surface area contributed by atoms with Crippen LogP contribution in [0.5, 0.6) is 0 Å². The highest BCUT2D eigenvalue weighted by Crippen LogP contribution is 2.26. The molecule has 5 nitrogen and oxygen atoms in total. The molecule has 1 atom stereocenters. The van der Waals surface area contributed by atoms with Crippen LogP contribution in [0.3, 0.4) is 0 Å². The molecule has 0 aliphatic carbocycles. The summed E-state index contributed by atoms with van der Waals surface area (Å²) in [5, 5.41) is 2.89. The van der Waals surface area contributed by atoms with Gasteiger partial charge in [0.15, 0.2) is 11.6 Å². The lowest BCUT2D eigenvalue weighted by molar-refractivity contribution is 0.0929. The fraction of sp³-hybridized carbons (Fsp3) is 0.296. The number of piperazine rings is 1. The Bertz CT molecular complexity index is 1140. The number of halogens is 3. The van der Waals surface area contributed by atoms with Crippen molar-refractivity contribution in [3.05, 3.63) is 95.3 Å². The Morgan fingerprint density at radius 1 is 0.886 bits per heavy atom. The molecular formula is C27H29F3N4O. The van der Waals surface area contributed by atoms with Crippen molar-refractivity contribution >= 4 is 17.3 Å². The van der Waals surface area contributed by atoms with Gasteiger partial charge in [-0.05, 0) is 60.2 Å². The molecule has 1 heterocycles. The summed E-state index contributed by atoms with van der Waals surface area (Å²) in [7, 11) is 3.95. The second-order valence-electron chi connectivity index (χ2n) is 8.84. The number of carbonyl (C=O) groups excluding carboxylic acids is 1. The number of carbonyl (C=O) groups is 1. The van der Waals surface area contributed by atoms with Crippen LogP contribution in [0, 0.1) is 17.5 Å². The van der Waals surface area contributed by atoms with E-state index in [0.29, 0.717) is 6.54 Å². The van der Waals surface area contributed by atoms with E-state index >= 15 is 0 Å². The quantitative estimate of drug-likeness (QED) is 0.540. The number of anilines is 2. The predicted molar refractivity (Wildman–Crippen MR) is 132 cm³/mol. The highest BCUT2D eigenvalue weighted by molar-refractivity contribution is 5.94. The van der Waals surface area contributed by atoms with Crippen LogP contribution < -0.4 is 15.1 Å². The lowest BCUT2D eigenvalue weighted by Crippen LogP contribution is -2.50. The summed E-state index contributed by atoms with van der Waals surface area (Å²) in [6.07, 6.45) is 0. The Morgan fingerprint density at radius 3 is 2.14 bits per heavy atom. The van der Waals surface area contributed by atoms with E-state index < -0.39 is 17.5 Å². The highest BCUT2D eigenvalue weighted by Gasteiger charge is 2.26. The lowest BCUT2D eigenvalue weighted by Gasteiger charge is -2.40. The van der Waals surface area contributed by atoms with E-state index in [2.05, 4.69) is 27.2 Å². The predicted octanol–water partition coefficient (Wildman–Crippen LogP) is 4.46. The van der Waals surface area contributed by atoms with Gasteiger partial charge >= 0.3 is 0 Å². The molecule has 3 aromatic carbocycles. The van der Waals surface area contributed by atoms with Gasteiger partial charge in [-0.15, -0.1) is 0 Å². The first-order chi connectivity index (χ1) is 16.8. The van der Waals surface area contributed by atoms with Crippen molar-refractivity contribution in [2.45, 2.75) is 6.04 Å². The van der Waals surface area contributed by atoms with Gasteiger partial charge in [0.25, 0.3) is 5.91 Å². The summed E-state index contributed by atoms with van der Waals surface area (Å²) in [5.74, 6) is -2.75. The number of amides is 1. The summed E-state index contributed by atoms with van der Waals surface area (Å²) in [6, 6.07) is 17.7. The van der Waals surface area contributed by atoms with Crippen LogP contribution in [0.25, 0.3) is 0 Å². The molecular weight excluding hydrogens is 453 g/mol. The largest absolute Gasteiger partial charge is 0.378 e. The molecule has 1 aliphatic rings. The molecule has 4 rings (SSSR count). The molecule has 0 radical (unpaired) electrons. The summed E-state index contributed by atoms with van der Waals surface area (Å²) in [6.45, 7) is 3.33. The van der Waals surface area contributed by atoms with Crippen molar-refractivity contribution in [2.24, 2.45) is 0 Å². The summed E-state index contributed by atoms with van der Waals surface area (Å²) in [4.78, 5) is 19.2. The second-order valence-corrected chi connectivity index (χ2v) is 8.84. The summed E-state index contributed by atoms with van der Waals surface area (Å²) < 4.78 is 40.2. The molecule has 0 spiro atoms. The van der Waals surface area contributed by atoms with E-state index in [4.69, 9.17) is 0 Å². The van der Waals surface area contributed by atoms with Crippen molar-refractivity contribution in [1.82, 2.24) is 10.2 Å². The van der Waals surface area contributed by atoms with Gasteiger partial charge in [0.05, 0.1) is 6.04 Å². The molecule has 1 amide bonds. The van der Waals surface area contributed by atoms with E-state index in [1.165, 1.54) is 18.2 Å². The zero-order valence-electron chi connectivity index (χ0n) is 19.8. The Hall–Kier alpha value is -3.52. The topological polar surface area (TPSA) is 38.8 Å². The normalized spacial score (nSPS) is 15.1. The van der Waals surface area contributed by atoms with E-state index in [9.17, 15) is 18.0 Å². The minimum atomic E-state index is -1.05. The minimum absolute atomic E-state index is 0.0757. The van der Waals surface area contributed by atoms with E-state index in [1.54, 1.807) is 12.1 Å². The monoisotopic (exact) mass is 482 g/mol. The van der Waals surface area contributed by atoms with Crippen molar-refractivity contribution in [1.29, 1.82) is 0 Å². The third-order valence-electron chi connectivity index (χ3n) is 6.38. The van der Waals surface area contributed by atoms with Gasteiger partial charge in [0.1, 0.15) is 5.82 Å². The van der Waals surface area contributed by atoms with Crippen molar-refractivity contribution in [3.8, 4) is 0 Å². The molecule has 35 heavy (non-hydrogen) atoms. The first-order valence-electron chi connectivity index (χ1n) is 11.6. The third kappa shape index (κ3) is 5.95. The maximum absolute atomic E-state index is 13.6. The average molecular weight is 483 g/mol. The van der Waals surface area contributed by atoms with Crippen LogP contribution in [0.15, 0.2) is 66.7 Å². The van der Waals surface area contributed by atoms with E-state index in [-0.39, 0.29) is 17.4 Å². The van der Waals surface area contributed by atoms with Gasteiger partial charge in [-0.2, -0.15) is 0 Å². The molecule has 1 aliphatic heterocycles. The molecule has 0 aromatic heterocycles. The molecule has 1 fully saturated rings. The van der Waals surface area contributed by atoms with Crippen molar-refractivity contribution < 1.29 is 18.0 Å². The third-order valence-corrected chi connectivity index (χ3v) is 6.38. The van der Waals surface area contributed by atoms with Crippen LogP contribution >= 0.6 is 0 Å². The zero-order valence-corrected chi connectivity index (χ0v) is 19.8. The lowest BCUT2D eigenvalue weighted by atomic mass is 10.0. The van der Waals surface area contributed by atoms with Gasteiger partial charge in [-0.1, -0.05) is 12.1 Å². The SMILES string of the molecule is CN(C)c1ccc([C@@H](CNC(=O)c2ccc(F)c(F)c2)N2CCN(c3ccc(F)cc3)CC2)cc1. The van der Waals surface area contributed by atoms with Crippen LogP contribution in [-0.4, -0.2) is 57.6 Å². The van der Waals surface area contributed by atoms with E-state index in [1.807, 2.05) is 31.1 Å². The number of hydrogen-bond acceptors (Lipinski definition) is 4. The number of nitrogens with zero attached hydrogens (tertiary/aromatic N) is 3. The standard InChI is InChI=1S/C27H29F3N4O/c1-32(2)22-8-3-19(4-9-22)26(18-31-27(35)20-5-12-24(29)25(30)17-20)34-15-13-33(14-16-34)23-10-6-21(28)7-11-23/h3-12,17,26H,13-16,18H2,1-2H3,(H,31,35)/t26-/m1/s1. The number of rotatable bonds is 7. The molecule has 0 saturated carbocycles. The maximum atomic E-state index is 13.6. The van der Waals surface area contributed by atoms with Gasteiger partial charge < -0.3 is 15.1 Å². The first-order valence-corrected chi connectivity index (χ1v) is 11.6. The first kappa shape index (κ1) is 24.6. The summed E-state index contributed by atoms with van der Waals surface area (Å²) in [5.41, 5.74) is 3.17. The minimum Gasteiger partial charge on any atom is -0.378 e.